The summed E-state index contributed by atoms with van der Waals surface area (Å²) in [7, 11) is 0. The van der Waals surface area contributed by atoms with Crippen molar-refractivity contribution >= 4 is 23.1 Å². The molecule has 0 amide bonds. The molecule has 4 aliphatic rings. The van der Waals surface area contributed by atoms with Gasteiger partial charge < -0.3 is 20.4 Å². The van der Waals surface area contributed by atoms with E-state index < -0.39 is 33.5 Å². The second kappa shape index (κ2) is 13.5. The van der Waals surface area contributed by atoms with Crippen LogP contribution in [0.4, 0.5) is 0 Å². The molecular weight excluding hydrogens is 680 g/mol. The Morgan fingerprint density at radius 3 is 0.759 bits per heavy atom. The molecule has 4 aliphatic carbocycles. The minimum absolute atomic E-state index is 0.0595. The molecule has 54 heavy (non-hydrogen) atoms. The van der Waals surface area contributed by atoms with Gasteiger partial charge in [0, 0.05) is 85.5 Å². The van der Waals surface area contributed by atoms with E-state index in [1.54, 1.807) is 0 Å². The van der Waals surface area contributed by atoms with Gasteiger partial charge in [-0.2, -0.15) is 0 Å². The number of ketones is 4. The predicted molar refractivity (Wildman–Crippen MR) is 208 cm³/mol. The molecular formula is C46H54O8. The molecule has 8 nitrogen and oxygen atoms in total. The van der Waals surface area contributed by atoms with Crippen LogP contribution in [-0.4, -0.2) is 43.6 Å². The molecule has 0 heterocycles. The van der Waals surface area contributed by atoms with Gasteiger partial charge in [-0.25, -0.2) is 0 Å². The lowest BCUT2D eigenvalue weighted by molar-refractivity contribution is -0.121. The van der Waals surface area contributed by atoms with Gasteiger partial charge in [0.25, 0.3) is 0 Å². The number of allylic oxidation sites excluding steroid dienone is 8. The summed E-state index contributed by atoms with van der Waals surface area (Å²) in [5.41, 5.74) is 1.68. The van der Waals surface area contributed by atoms with E-state index in [1.807, 2.05) is 104 Å². The fraction of sp³-hybridized carbons (Fsp3) is 0.478. The number of rotatable bonds is 7. The van der Waals surface area contributed by atoms with Crippen LogP contribution in [0, 0.1) is 21.7 Å². The summed E-state index contributed by atoms with van der Waals surface area (Å²) < 4.78 is 0. The highest BCUT2D eigenvalue weighted by Gasteiger charge is 2.45. The number of benzene rings is 2. The Kier molecular flexibility index (Phi) is 9.78. The number of Topliss-reactive ketones (excluding diaryl/α,β-unsaturated/α-hetero) is 4. The first-order valence-electron chi connectivity index (χ1n) is 19.0. The van der Waals surface area contributed by atoms with E-state index in [1.165, 1.54) is 0 Å². The molecule has 0 aromatic heterocycles. The van der Waals surface area contributed by atoms with E-state index in [0.29, 0.717) is 11.1 Å². The van der Waals surface area contributed by atoms with Crippen LogP contribution in [0.5, 0.6) is 0 Å². The lowest BCUT2D eigenvalue weighted by atomic mass is 9.67. The third kappa shape index (κ3) is 7.62. The lowest BCUT2D eigenvalue weighted by Gasteiger charge is -2.36. The van der Waals surface area contributed by atoms with Gasteiger partial charge in [-0.3, -0.25) is 19.2 Å². The molecule has 0 saturated carbocycles. The van der Waals surface area contributed by atoms with Gasteiger partial charge in [-0.05, 0) is 43.9 Å². The Morgan fingerprint density at radius 1 is 0.370 bits per heavy atom. The summed E-state index contributed by atoms with van der Waals surface area (Å²) in [6.07, 6.45) is 1.94. The molecule has 0 radical (unpaired) electrons. The molecule has 0 bridgehead atoms. The maximum Gasteiger partial charge on any atom is 0.163 e. The smallest absolute Gasteiger partial charge is 0.163 e. The van der Waals surface area contributed by atoms with Crippen LogP contribution in [0.25, 0.3) is 11.1 Å². The molecule has 6 rings (SSSR count). The summed E-state index contributed by atoms with van der Waals surface area (Å²) >= 11 is 0. The van der Waals surface area contributed by atoms with E-state index in [2.05, 4.69) is 0 Å². The normalized spacial score (nSPS) is 22.9. The summed E-state index contributed by atoms with van der Waals surface area (Å²) in [5.74, 6) is -3.07. The number of aliphatic hydroxyl groups excluding tert-OH is 4. The van der Waals surface area contributed by atoms with Crippen LogP contribution in [0.3, 0.4) is 0 Å². The molecule has 0 saturated heterocycles. The zero-order valence-electron chi connectivity index (χ0n) is 32.9. The molecule has 2 aromatic carbocycles. The molecule has 286 valence electrons. The minimum Gasteiger partial charge on any atom is -0.512 e. The van der Waals surface area contributed by atoms with Crippen LogP contribution in [0.15, 0.2) is 93.9 Å². The van der Waals surface area contributed by atoms with Gasteiger partial charge in [0.1, 0.15) is 23.0 Å². The van der Waals surface area contributed by atoms with Gasteiger partial charge in [-0.1, -0.05) is 104 Å². The first-order chi connectivity index (χ1) is 25.0. The standard InChI is InChI=1S/C46H54O8/c1-43(2)17-29(47)39(30(48)18-43)37(40-31(49)19-44(3,4)20-32(40)50)27-13-9-25(10-14-27)26-11-15-28(16-12-26)38(41-33(51)21-45(5,6)22-34(41)52)42-35(53)23-46(7,8)24-36(42)54/h9-16,37-38,47,49,51,53H,17-24H2,1-8H3. The molecule has 4 N–H and O–H groups in total. The van der Waals surface area contributed by atoms with Crippen molar-refractivity contribution in [2.24, 2.45) is 21.7 Å². The number of carbonyl (C=O) groups is 4. The highest BCUT2D eigenvalue weighted by atomic mass is 16.3. The lowest BCUT2D eigenvalue weighted by Crippen LogP contribution is -2.33. The summed E-state index contributed by atoms with van der Waals surface area (Å²) in [6.45, 7) is 15.3. The monoisotopic (exact) mass is 734 g/mol. The van der Waals surface area contributed by atoms with E-state index in [4.69, 9.17) is 0 Å². The van der Waals surface area contributed by atoms with E-state index in [0.717, 1.165) is 11.1 Å². The zero-order chi connectivity index (χ0) is 39.7. The van der Waals surface area contributed by atoms with Crippen LogP contribution >= 0.6 is 0 Å². The number of hydrogen-bond acceptors (Lipinski definition) is 8. The Morgan fingerprint density at radius 2 is 0.574 bits per heavy atom. The van der Waals surface area contributed by atoms with Crippen molar-refractivity contribution in [2.75, 3.05) is 0 Å². The van der Waals surface area contributed by atoms with Crippen LogP contribution in [0.2, 0.25) is 0 Å². The summed E-state index contributed by atoms with van der Waals surface area (Å²) in [4.78, 5) is 54.6. The van der Waals surface area contributed by atoms with Gasteiger partial charge >= 0.3 is 0 Å². The van der Waals surface area contributed by atoms with Gasteiger partial charge in [0.15, 0.2) is 23.1 Å². The molecule has 8 heteroatoms. The van der Waals surface area contributed by atoms with Crippen LogP contribution < -0.4 is 0 Å². The molecule has 0 fully saturated rings. The SMILES string of the molecule is CC1(C)CC(=O)C(C(C2=C(O)CC(C)(C)CC2=O)c2ccc(-c3ccc(C(C4=C(O)CC(C)(C)CC4=O)C4=C(O)CC(C)(C)CC4=O)cc3)cc2)=C(O)C1. The minimum atomic E-state index is -0.924. The first-order valence-corrected chi connectivity index (χ1v) is 19.0. The van der Waals surface area contributed by atoms with Gasteiger partial charge in [0.05, 0.1) is 0 Å². The Labute approximate surface area is 318 Å². The third-order valence-corrected chi connectivity index (χ3v) is 11.6. The Bertz CT molecular complexity index is 1810. The Hall–Kier alpha value is -4.72. The highest BCUT2D eigenvalue weighted by molar-refractivity contribution is 6.06. The van der Waals surface area contributed by atoms with E-state index in [9.17, 15) is 39.6 Å². The van der Waals surface area contributed by atoms with Crippen molar-refractivity contribution in [3.63, 3.8) is 0 Å². The molecule has 0 atom stereocenters. The molecule has 2 aromatic rings. The number of hydrogen-bond donors (Lipinski definition) is 4. The number of aliphatic hydroxyl groups is 4. The summed E-state index contributed by atoms with van der Waals surface area (Å²) in [6, 6.07) is 14.7. The summed E-state index contributed by atoms with van der Waals surface area (Å²) in [5, 5.41) is 45.1. The second-order valence-electron chi connectivity index (χ2n) is 19.3. The van der Waals surface area contributed by atoms with Crippen molar-refractivity contribution in [3.05, 3.63) is 105 Å². The van der Waals surface area contributed by atoms with Crippen molar-refractivity contribution < 1.29 is 39.6 Å². The first kappa shape index (κ1) is 39.0. The van der Waals surface area contributed by atoms with Crippen LogP contribution in [0.1, 0.15) is 130 Å². The predicted octanol–water partition coefficient (Wildman–Crippen LogP) is 10.3. The van der Waals surface area contributed by atoms with Gasteiger partial charge in [-0.15, -0.1) is 0 Å². The average Bonchev–Trinajstić information content (AvgIpc) is 3.00. The highest BCUT2D eigenvalue weighted by Crippen LogP contribution is 2.50. The average molecular weight is 735 g/mol. The fourth-order valence-corrected chi connectivity index (χ4v) is 9.21. The fourth-order valence-electron chi connectivity index (χ4n) is 9.21. The maximum absolute atomic E-state index is 13.7. The molecule has 0 spiro atoms. The van der Waals surface area contributed by atoms with Crippen molar-refractivity contribution in [3.8, 4) is 11.1 Å². The second-order valence-corrected chi connectivity index (χ2v) is 19.3. The third-order valence-electron chi connectivity index (χ3n) is 11.6. The molecule has 0 unspecified atom stereocenters. The van der Waals surface area contributed by atoms with Crippen molar-refractivity contribution in [1.29, 1.82) is 0 Å². The van der Waals surface area contributed by atoms with Crippen molar-refractivity contribution in [1.82, 2.24) is 0 Å². The van der Waals surface area contributed by atoms with Crippen LogP contribution in [-0.2, 0) is 19.2 Å². The Balaban J connectivity index is 1.40. The van der Waals surface area contributed by atoms with E-state index in [-0.39, 0.29) is 120 Å². The molecule has 0 aliphatic heterocycles. The largest absolute Gasteiger partial charge is 0.512 e. The zero-order valence-corrected chi connectivity index (χ0v) is 32.9. The number of carbonyl (C=O) groups excluding carboxylic acids is 4. The topological polar surface area (TPSA) is 149 Å². The maximum atomic E-state index is 13.7. The van der Waals surface area contributed by atoms with E-state index >= 15 is 0 Å². The van der Waals surface area contributed by atoms with Gasteiger partial charge in [0.2, 0.25) is 0 Å². The quantitative estimate of drug-likeness (QED) is 0.220. The van der Waals surface area contributed by atoms with Crippen molar-refractivity contribution in [2.45, 2.75) is 119 Å².